The summed E-state index contributed by atoms with van der Waals surface area (Å²) >= 11 is 0. The van der Waals surface area contributed by atoms with E-state index in [0.29, 0.717) is 5.92 Å². The summed E-state index contributed by atoms with van der Waals surface area (Å²) in [5, 5.41) is 12.2. The van der Waals surface area contributed by atoms with Crippen LogP contribution in [0.4, 0.5) is 5.69 Å². The summed E-state index contributed by atoms with van der Waals surface area (Å²) in [6.45, 7) is 6.54. The molecule has 1 fully saturated rings. The Hall–Kier alpha value is -1.51. The molecule has 0 heterocycles. The summed E-state index contributed by atoms with van der Waals surface area (Å²) in [7, 11) is 0. The largest absolute Gasteiger partial charge is 0.508 e. The molecule has 1 aliphatic carbocycles. The Morgan fingerprint density at radius 2 is 1.95 bits per heavy atom. The lowest BCUT2D eigenvalue weighted by Gasteiger charge is -2.41. The number of carbonyl (C=O) groups excluding carboxylic acids is 1. The van der Waals surface area contributed by atoms with E-state index in [9.17, 15) is 9.90 Å². The molecule has 3 nitrogen and oxygen atoms in total. The molecule has 104 valence electrons. The van der Waals surface area contributed by atoms with E-state index in [2.05, 4.69) is 26.1 Å². The van der Waals surface area contributed by atoms with Gasteiger partial charge in [-0.05, 0) is 48.4 Å². The van der Waals surface area contributed by atoms with Gasteiger partial charge >= 0.3 is 0 Å². The summed E-state index contributed by atoms with van der Waals surface area (Å²) in [6.07, 6.45) is 3.43. The van der Waals surface area contributed by atoms with Crippen molar-refractivity contribution in [3.63, 3.8) is 0 Å². The van der Waals surface area contributed by atoms with Gasteiger partial charge in [0.1, 0.15) is 5.75 Å². The van der Waals surface area contributed by atoms with Gasteiger partial charge in [0.05, 0.1) is 0 Å². The summed E-state index contributed by atoms with van der Waals surface area (Å²) in [5.74, 6) is 0.781. The molecule has 1 aromatic rings. The third kappa shape index (κ3) is 3.09. The van der Waals surface area contributed by atoms with Crippen LogP contribution in [0.5, 0.6) is 5.75 Å². The summed E-state index contributed by atoms with van der Waals surface area (Å²) in [5.41, 5.74) is 0.801. The van der Waals surface area contributed by atoms with Gasteiger partial charge in [0.25, 0.3) is 0 Å². The van der Waals surface area contributed by atoms with Crippen LogP contribution in [0.1, 0.15) is 40.0 Å². The first-order chi connectivity index (χ1) is 8.90. The molecule has 0 aromatic heterocycles. The van der Waals surface area contributed by atoms with E-state index in [0.717, 1.165) is 18.5 Å². The second-order valence-corrected chi connectivity index (χ2v) is 6.37. The van der Waals surface area contributed by atoms with Crippen LogP contribution in [0.3, 0.4) is 0 Å². The van der Waals surface area contributed by atoms with Gasteiger partial charge in [0.2, 0.25) is 5.91 Å². The molecule has 2 rings (SSSR count). The smallest absolute Gasteiger partial charge is 0.228 e. The van der Waals surface area contributed by atoms with E-state index < -0.39 is 0 Å². The first kappa shape index (κ1) is 13.9. The van der Waals surface area contributed by atoms with E-state index in [1.807, 2.05) is 0 Å². The molecule has 0 saturated heterocycles. The summed E-state index contributed by atoms with van der Waals surface area (Å²) in [6, 6.07) is 6.64. The highest BCUT2D eigenvalue weighted by Gasteiger charge is 2.41. The van der Waals surface area contributed by atoms with Crippen LogP contribution >= 0.6 is 0 Å². The first-order valence-corrected chi connectivity index (χ1v) is 7.00. The molecular weight excluding hydrogens is 238 g/mol. The van der Waals surface area contributed by atoms with E-state index in [1.165, 1.54) is 6.42 Å². The maximum absolute atomic E-state index is 12.5. The number of benzene rings is 1. The van der Waals surface area contributed by atoms with Crippen LogP contribution in [0.25, 0.3) is 0 Å². The van der Waals surface area contributed by atoms with Gasteiger partial charge in [0, 0.05) is 11.6 Å². The van der Waals surface area contributed by atoms with Crippen LogP contribution in [0.2, 0.25) is 0 Å². The Morgan fingerprint density at radius 1 is 1.32 bits per heavy atom. The molecule has 0 bridgehead atoms. The van der Waals surface area contributed by atoms with Crippen LogP contribution in [-0.4, -0.2) is 11.0 Å². The third-order valence-corrected chi connectivity index (χ3v) is 4.31. The van der Waals surface area contributed by atoms with E-state index in [-0.39, 0.29) is 23.0 Å². The topological polar surface area (TPSA) is 49.3 Å². The number of rotatable bonds is 2. The number of hydrogen-bond acceptors (Lipinski definition) is 2. The number of phenolic OH excluding ortho intramolecular Hbond substituents is 1. The fraction of sp³-hybridized carbons (Fsp3) is 0.562. The zero-order chi connectivity index (χ0) is 14.0. The van der Waals surface area contributed by atoms with E-state index >= 15 is 0 Å². The number of amides is 1. The number of anilines is 1. The highest BCUT2D eigenvalue weighted by molar-refractivity contribution is 5.93. The van der Waals surface area contributed by atoms with Gasteiger partial charge in [-0.15, -0.1) is 0 Å². The monoisotopic (exact) mass is 261 g/mol. The second-order valence-electron chi connectivity index (χ2n) is 6.37. The van der Waals surface area contributed by atoms with Crippen molar-refractivity contribution >= 4 is 11.6 Å². The summed E-state index contributed by atoms with van der Waals surface area (Å²) < 4.78 is 0. The van der Waals surface area contributed by atoms with Crippen LogP contribution in [-0.2, 0) is 4.79 Å². The molecule has 2 N–H and O–H groups in total. The van der Waals surface area contributed by atoms with Crippen molar-refractivity contribution in [2.45, 2.75) is 40.0 Å². The molecule has 19 heavy (non-hydrogen) atoms. The minimum absolute atomic E-state index is 0.0510. The van der Waals surface area contributed by atoms with Crippen molar-refractivity contribution in [2.75, 3.05) is 5.32 Å². The van der Waals surface area contributed by atoms with Crippen molar-refractivity contribution in [1.82, 2.24) is 0 Å². The Balaban J connectivity index is 2.11. The lowest BCUT2D eigenvalue weighted by Crippen LogP contribution is -2.42. The Bertz CT molecular complexity index is 450. The maximum Gasteiger partial charge on any atom is 0.228 e. The Labute approximate surface area is 115 Å². The molecule has 1 aliphatic rings. The highest BCUT2D eigenvalue weighted by Crippen LogP contribution is 2.44. The normalized spacial score (nSPS) is 25.8. The Kier molecular flexibility index (Phi) is 3.83. The standard InChI is InChI=1S/C16H23NO2/c1-11-5-4-10-16(2,3)14(11)15(19)17-12-6-8-13(18)9-7-12/h6-9,11,14,18H,4-5,10H2,1-3H3,(H,17,19)/t11-,14?/m0/s1. The van der Waals surface area contributed by atoms with Crippen molar-refractivity contribution in [2.24, 2.45) is 17.3 Å². The fourth-order valence-corrected chi connectivity index (χ4v) is 3.35. The van der Waals surface area contributed by atoms with Gasteiger partial charge < -0.3 is 10.4 Å². The molecule has 1 aromatic carbocycles. The first-order valence-electron chi connectivity index (χ1n) is 7.00. The SMILES string of the molecule is C[C@H]1CCCC(C)(C)C1C(=O)Nc1ccc(O)cc1. The number of hydrogen-bond donors (Lipinski definition) is 2. The van der Waals surface area contributed by atoms with Gasteiger partial charge in [-0.3, -0.25) is 4.79 Å². The van der Waals surface area contributed by atoms with Crippen LogP contribution < -0.4 is 5.32 Å². The van der Waals surface area contributed by atoms with Crippen molar-refractivity contribution in [3.8, 4) is 5.75 Å². The molecule has 0 spiro atoms. The maximum atomic E-state index is 12.5. The van der Waals surface area contributed by atoms with Crippen molar-refractivity contribution in [1.29, 1.82) is 0 Å². The van der Waals surface area contributed by atoms with Gasteiger partial charge in [0.15, 0.2) is 0 Å². The zero-order valence-corrected chi connectivity index (χ0v) is 11.9. The van der Waals surface area contributed by atoms with Gasteiger partial charge in [-0.1, -0.05) is 27.2 Å². The average molecular weight is 261 g/mol. The predicted molar refractivity (Wildman–Crippen MR) is 77.0 cm³/mol. The number of nitrogens with one attached hydrogen (secondary N) is 1. The minimum atomic E-state index is 0.0510. The second kappa shape index (κ2) is 5.24. The lowest BCUT2D eigenvalue weighted by molar-refractivity contribution is -0.127. The molecule has 1 saturated carbocycles. The molecule has 1 unspecified atom stereocenters. The third-order valence-electron chi connectivity index (χ3n) is 4.31. The lowest BCUT2D eigenvalue weighted by atomic mass is 9.64. The highest BCUT2D eigenvalue weighted by atomic mass is 16.3. The summed E-state index contributed by atoms with van der Waals surface area (Å²) in [4.78, 5) is 12.5. The molecular formula is C16H23NO2. The quantitative estimate of drug-likeness (QED) is 0.796. The number of phenols is 1. The molecule has 3 heteroatoms. The molecule has 0 radical (unpaired) electrons. The predicted octanol–water partition coefficient (Wildman–Crippen LogP) is 3.79. The van der Waals surface area contributed by atoms with Crippen LogP contribution in [0.15, 0.2) is 24.3 Å². The van der Waals surface area contributed by atoms with Crippen LogP contribution in [0, 0.1) is 17.3 Å². The molecule has 1 amide bonds. The Morgan fingerprint density at radius 3 is 2.53 bits per heavy atom. The van der Waals surface area contributed by atoms with E-state index in [1.54, 1.807) is 24.3 Å². The molecule has 0 aliphatic heterocycles. The van der Waals surface area contributed by atoms with Crippen molar-refractivity contribution < 1.29 is 9.90 Å². The average Bonchev–Trinajstić information content (AvgIpc) is 2.30. The molecule has 2 atom stereocenters. The minimum Gasteiger partial charge on any atom is -0.508 e. The van der Waals surface area contributed by atoms with Crippen molar-refractivity contribution in [3.05, 3.63) is 24.3 Å². The van der Waals surface area contributed by atoms with Gasteiger partial charge in [-0.25, -0.2) is 0 Å². The number of carbonyl (C=O) groups is 1. The van der Waals surface area contributed by atoms with Gasteiger partial charge in [-0.2, -0.15) is 0 Å². The van der Waals surface area contributed by atoms with E-state index in [4.69, 9.17) is 0 Å². The fourth-order valence-electron chi connectivity index (χ4n) is 3.35. The number of aromatic hydroxyl groups is 1. The zero-order valence-electron chi connectivity index (χ0n) is 11.9.